The fourth-order valence-electron chi connectivity index (χ4n) is 2.30. The molecule has 2 atom stereocenters. The Bertz CT molecular complexity index is 664. The SMILES string of the molecule is CC(C)C(NC(=O)OC(C)(C)C)C(=O)N[C@@H](Cc1ccc(O)cc1)C(=O)O. The first-order valence-corrected chi connectivity index (χ1v) is 8.69. The average Bonchev–Trinajstić information content (AvgIpc) is 2.51. The van der Waals surface area contributed by atoms with Gasteiger partial charge in [0.2, 0.25) is 5.91 Å². The number of carboxylic acid groups (broad SMARTS) is 1. The Hall–Kier alpha value is -2.77. The van der Waals surface area contributed by atoms with Crippen LogP contribution in [-0.2, 0) is 20.7 Å². The van der Waals surface area contributed by atoms with Crippen molar-refractivity contribution in [3.05, 3.63) is 29.8 Å². The zero-order valence-corrected chi connectivity index (χ0v) is 16.3. The molecular formula is C19H28N2O6. The number of rotatable bonds is 7. The number of aliphatic carboxylic acids is 1. The quantitative estimate of drug-likeness (QED) is 0.574. The molecule has 0 bridgehead atoms. The van der Waals surface area contributed by atoms with E-state index in [2.05, 4.69) is 10.6 Å². The van der Waals surface area contributed by atoms with E-state index in [9.17, 15) is 24.6 Å². The van der Waals surface area contributed by atoms with E-state index in [4.69, 9.17) is 4.74 Å². The van der Waals surface area contributed by atoms with Crippen molar-refractivity contribution in [1.29, 1.82) is 0 Å². The molecule has 0 aliphatic rings. The van der Waals surface area contributed by atoms with Crippen LogP contribution in [0.2, 0.25) is 0 Å². The number of phenols is 1. The number of benzene rings is 1. The zero-order valence-electron chi connectivity index (χ0n) is 16.3. The molecular weight excluding hydrogens is 352 g/mol. The molecule has 1 aromatic carbocycles. The van der Waals surface area contributed by atoms with E-state index in [1.807, 2.05) is 0 Å². The summed E-state index contributed by atoms with van der Waals surface area (Å²) in [6.45, 7) is 8.58. The molecule has 0 saturated carbocycles. The minimum Gasteiger partial charge on any atom is -0.508 e. The Morgan fingerprint density at radius 2 is 1.63 bits per heavy atom. The van der Waals surface area contributed by atoms with Crippen molar-refractivity contribution < 1.29 is 29.3 Å². The van der Waals surface area contributed by atoms with Crippen molar-refractivity contribution in [2.24, 2.45) is 5.92 Å². The summed E-state index contributed by atoms with van der Waals surface area (Å²) in [6.07, 6.45) is -0.708. The fraction of sp³-hybridized carbons (Fsp3) is 0.526. The molecule has 1 aromatic rings. The van der Waals surface area contributed by atoms with E-state index in [-0.39, 0.29) is 18.1 Å². The molecule has 0 saturated heterocycles. The van der Waals surface area contributed by atoms with Crippen LogP contribution in [0.25, 0.3) is 0 Å². The number of carbonyl (C=O) groups excluding carboxylic acids is 2. The Labute approximate surface area is 158 Å². The van der Waals surface area contributed by atoms with E-state index in [0.717, 1.165) is 0 Å². The number of hydrogen-bond acceptors (Lipinski definition) is 5. The molecule has 0 aliphatic carbocycles. The third kappa shape index (κ3) is 7.98. The predicted octanol–water partition coefficient (Wildman–Crippen LogP) is 2.05. The smallest absolute Gasteiger partial charge is 0.408 e. The maximum atomic E-state index is 12.6. The maximum Gasteiger partial charge on any atom is 0.408 e. The van der Waals surface area contributed by atoms with Crippen LogP contribution in [-0.4, -0.2) is 45.9 Å². The predicted molar refractivity (Wildman–Crippen MR) is 99.4 cm³/mol. The minimum atomic E-state index is -1.20. The highest BCUT2D eigenvalue weighted by atomic mass is 16.6. The second-order valence-corrected chi connectivity index (χ2v) is 7.64. The molecule has 150 valence electrons. The van der Waals surface area contributed by atoms with Gasteiger partial charge in [-0.15, -0.1) is 0 Å². The van der Waals surface area contributed by atoms with E-state index in [1.54, 1.807) is 46.8 Å². The first-order valence-electron chi connectivity index (χ1n) is 8.69. The van der Waals surface area contributed by atoms with Gasteiger partial charge in [-0.25, -0.2) is 9.59 Å². The van der Waals surface area contributed by atoms with Crippen LogP contribution in [0.4, 0.5) is 4.79 Å². The standard InChI is InChI=1S/C19H28N2O6/c1-11(2)15(21-18(26)27-19(3,4)5)16(23)20-14(17(24)25)10-12-6-8-13(22)9-7-12/h6-9,11,14-15,22H,10H2,1-5H3,(H,20,23)(H,21,26)(H,24,25)/t14-,15?/m0/s1. The maximum absolute atomic E-state index is 12.6. The van der Waals surface area contributed by atoms with Crippen molar-refractivity contribution in [3.63, 3.8) is 0 Å². The van der Waals surface area contributed by atoms with E-state index in [1.165, 1.54) is 12.1 Å². The molecule has 0 radical (unpaired) electrons. The summed E-state index contributed by atoms with van der Waals surface area (Å²) in [5, 5.41) is 23.7. The number of aromatic hydroxyl groups is 1. The Morgan fingerprint density at radius 3 is 2.07 bits per heavy atom. The second-order valence-electron chi connectivity index (χ2n) is 7.64. The number of amides is 2. The van der Waals surface area contributed by atoms with Crippen molar-refractivity contribution in [2.45, 2.75) is 58.7 Å². The van der Waals surface area contributed by atoms with E-state index >= 15 is 0 Å². The van der Waals surface area contributed by atoms with Crippen LogP contribution >= 0.6 is 0 Å². The molecule has 0 heterocycles. The lowest BCUT2D eigenvalue weighted by Gasteiger charge is -2.26. The average molecular weight is 380 g/mol. The first-order chi connectivity index (χ1) is 12.4. The topological polar surface area (TPSA) is 125 Å². The highest BCUT2D eigenvalue weighted by Gasteiger charge is 2.30. The van der Waals surface area contributed by atoms with Gasteiger partial charge in [-0.1, -0.05) is 26.0 Å². The van der Waals surface area contributed by atoms with Gasteiger partial charge in [-0.3, -0.25) is 4.79 Å². The van der Waals surface area contributed by atoms with Gasteiger partial charge >= 0.3 is 12.1 Å². The van der Waals surface area contributed by atoms with Crippen molar-refractivity contribution in [2.75, 3.05) is 0 Å². The summed E-state index contributed by atoms with van der Waals surface area (Å²) in [4.78, 5) is 36.1. The molecule has 4 N–H and O–H groups in total. The third-order valence-corrected chi connectivity index (χ3v) is 3.61. The van der Waals surface area contributed by atoms with E-state index < -0.39 is 35.7 Å². The molecule has 8 heteroatoms. The number of carboxylic acids is 1. The summed E-state index contributed by atoms with van der Waals surface area (Å²) in [7, 11) is 0. The van der Waals surface area contributed by atoms with Crippen molar-refractivity contribution >= 4 is 18.0 Å². The zero-order chi connectivity index (χ0) is 20.8. The summed E-state index contributed by atoms with van der Waals surface area (Å²) in [5.74, 6) is -2.02. The van der Waals surface area contributed by atoms with Gasteiger partial charge in [0.1, 0.15) is 23.4 Å². The van der Waals surface area contributed by atoms with Crippen molar-refractivity contribution in [3.8, 4) is 5.75 Å². The van der Waals surface area contributed by atoms with Crippen LogP contribution in [0.1, 0.15) is 40.2 Å². The lowest BCUT2D eigenvalue weighted by molar-refractivity contribution is -0.142. The van der Waals surface area contributed by atoms with Gasteiger partial charge in [-0.05, 0) is 44.4 Å². The Kier molecular flexibility index (Phi) is 7.63. The van der Waals surface area contributed by atoms with Crippen LogP contribution in [0.3, 0.4) is 0 Å². The molecule has 1 rings (SSSR count). The number of nitrogens with one attached hydrogen (secondary N) is 2. The van der Waals surface area contributed by atoms with Gasteiger partial charge in [0.25, 0.3) is 0 Å². The van der Waals surface area contributed by atoms with Gasteiger partial charge < -0.3 is 25.6 Å². The summed E-state index contributed by atoms with van der Waals surface area (Å²) in [5.41, 5.74) is -0.0772. The molecule has 2 amide bonds. The monoisotopic (exact) mass is 380 g/mol. The van der Waals surface area contributed by atoms with Gasteiger partial charge in [0.05, 0.1) is 0 Å². The van der Waals surface area contributed by atoms with Crippen LogP contribution in [0, 0.1) is 5.92 Å². The molecule has 8 nitrogen and oxygen atoms in total. The number of hydrogen-bond donors (Lipinski definition) is 4. The molecule has 0 aromatic heterocycles. The molecule has 0 aliphatic heterocycles. The van der Waals surface area contributed by atoms with Crippen molar-refractivity contribution in [1.82, 2.24) is 10.6 Å². The second kappa shape index (κ2) is 9.25. The number of carbonyl (C=O) groups is 3. The Morgan fingerprint density at radius 1 is 1.07 bits per heavy atom. The number of phenolic OH excluding ortho intramolecular Hbond substituents is 1. The third-order valence-electron chi connectivity index (χ3n) is 3.61. The van der Waals surface area contributed by atoms with E-state index in [0.29, 0.717) is 5.56 Å². The summed E-state index contributed by atoms with van der Waals surface area (Å²) >= 11 is 0. The molecule has 0 spiro atoms. The fourth-order valence-corrected chi connectivity index (χ4v) is 2.30. The van der Waals surface area contributed by atoms with Gasteiger partial charge in [-0.2, -0.15) is 0 Å². The molecule has 27 heavy (non-hydrogen) atoms. The molecule has 0 fully saturated rings. The summed E-state index contributed by atoms with van der Waals surface area (Å²) < 4.78 is 5.16. The molecule has 1 unspecified atom stereocenters. The highest BCUT2D eigenvalue weighted by Crippen LogP contribution is 2.13. The van der Waals surface area contributed by atoms with Gasteiger partial charge in [0, 0.05) is 6.42 Å². The highest BCUT2D eigenvalue weighted by molar-refractivity contribution is 5.89. The van der Waals surface area contributed by atoms with Crippen LogP contribution in [0.5, 0.6) is 5.75 Å². The Balaban J connectivity index is 2.82. The van der Waals surface area contributed by atoms with Crippen LogP contribution in [0.15, 0.2) is 24.3 Å². The normalized spacial score (nSPS) is 13.6. The number of alkyl carbamates (subject to hydrolysis) is 1. The van der Waals surface area contributed by atoms with Crippen LogP contribution < -0.4 is 10.6 Å². The lowest BCUT2D eigenvalue weighted by Crippen LogP contribution is -2.54. The van der Waals surface area contributed by atoms with Gasteiger partial charge in [0.15, 0.2) is 0 Å². The number of ether oxygens (including phenoxy) is 1. The lowest BCUT2D eigenvalue weighted by atomic mass is 10.0. The summed E-state index contributed by atoms with van der Waals surface area (Å²) in [6, 6.07) is 3.92. The first kappa shape index (κ1) is 22.3. The largest absolute Gasteiger partial charge is 0.508 e. The minimum absolute atomic E-state index is 0.0403.